The maximum atomic E-state index is 5.59. The third-order valence-electron chi connectivity index (χ3n) is 2.32. The van der Waals surface area contributed by atoms with Crippen molar-refractivity contribution in [2.45, 2.75) is 58.3 Å². The van der Waals surface area contributed by atoms with Crippen LogP contribution in [0.4, 0.5) is 0 Å². The van der Waals surface area contributed by atoms with Crippen LogP contribution in [0.15, 0.2) is 0 Å². The van der Waals surface area contributed by atoms with Gasteiger partial charge in [0.15, 0.2) is 0 Å². The summed E-state index contributed by atoms with van der Waals surface area (Å²) in [6.45, 7) is 9.25. The van der Waals surface area contributed by atoms with Crippen LogP contribution in [0.2, 0.25) is 0 Å². The maximum Gasteiger partial charge on any atom is 0.0869 e. The molecular weight excluding hydrogens is 152 g/mol. The fourth-order valence-electron chi connectivity index (χ4n) is 1.65. The molecule has 0 spiro atoms. The Kier molecular flexibility index (Phi) is 3.13. The topological polar surface area (TPSA) is 21.8 Å². The van der Waals surface area contributed by atoms with Crippen molar-refractivity contribution in [1.82, 2.24) is 0 Å². The lowest BCUT2D eigenvalue weighted by Crippen LogP contribution is -2.26. The molecule has 1 saturated heterocycles. The number of ether oxygens (including phenoxy) is 2. The summed E-state index contributed by atoms with van der Waals surface area (Å²) in [6, 6.07) is 0. The summed E-state index contributed by atoms with van der Waals surface area (Å²) in [5, 5.41) is 0. The first kappa shape index (κ1) is 10.0. The van der Waals surface area contributed by atoms with Gasteiger partial charge >= 0.3 is 0 Å². The van der Waals surface area contributed by atoms with Gasteiger partial charge in [0, 0.05) is 13.0 Å². The van der Waals surface area contributed by atoms with E-state index in [2.05, 4.69) is 20.8 Å². The van der Waals surface area contributed by atoms with Crippen molar-refractivity contribution in [1.29, 1.82) is 0 Å². The highest BCUT2D eigenvalue weighted by atomic mass is 16.6. The molecule has 0 bridgehead atoms. The minimum atomic E-state index is -0.0106. The van der Waals surface area contributed by atoms with Gasteiger partial charge in [-0.25, -0.2) is 0 Å². The third kappa shape index (κ3) is 2.76. The van der Waals surface area contributed by atoms with E-state index in [4.69, 9.17) is 9.47 Å². The van der Waals surface area contributed by atoms with Gasteiger partial charge in [-0.2, -0.15) is 0 Å². The van der Waals surface area contributed by atoms with E-state index in [-0.39, 0.29) is 5.60 Å². The van der Waals surface area contributed by atoms with Crippen molar-refractivity contribution < 1.29 is 9.47 Å². The molecule has 1 heterocycles. The first-order valence-electron chi connectivity index (χ1n) is 4.88. The summed E-state index contributed by atoms with van der Waals surface area (Å²) in [5.74, 6) is 0. The zero-order valence-electron chi connectivity index (χ0n) is 8.59. The summed E-state index contributed by atoms with van der Waals surface area (Å²) >= 11 is 0. The van der Waals surface area contributed by atoms with Crippen molar-refractivity contribution in [3.63, 3.8) is 0 Å². The van der Waals surface area contributed by atoms with Gasteiger partial charge in [0.1, 0.15) is 0 Å². The summed E-state index contributed by atoms with van der Waals surface area (Å²) in [4.78, 5) is 0. The van der Waals surface area contributed by atoms with Gasteiger partial charge in [-0.1, -0.05) is 6.92 Å². The van der Waals surface area contributed by atoms with E-state index in [1.54, 1.807) is 0 Å². The molecule has 0 N–H and O–H groups in total. The molecule has 0 aliphatic carbocycles. The fourth-order valence-corrected chi connectivity index (χ4v) is 1.65. The summed E-state index contributed by atoms with van der Waals surface area (Å²) < 4.78 is 11.1. The van der Waals surface area contributed by atoms with Crippen LogP contribution in [0.1, 0.15) is 40.5 Å². The van der Waals surface area contributed by atoms with Crippen LogP contribution in [0.5, 0.6) is 0 Å². The molecule has 2 heteroatoms. The van der Waals surface area contributed by atoms with Gasteiger partial charge in [-0.15, -0.1) is 0 Å². The highest BCUT2D eigenvalue weighted by Crippen LogP contribution is 2.33. The Labute approximate surface area is 75.2 Å². The zero-order chi connectivity index (χ0) is 9.19. The first-order valence-corrected chi connectivity index (χ1v) is 4.88. The van der Waals surface area contributed by atoms with E-state index in [0.29, 0.717) is 12.2 Å². The van der Waals surface area contributed by atoms with Gasteiger partial charge < -0.3 is 9.47 Å². The summed E-state index contributed by atoms with van der Waals surface area (Å²) in [7, 11) is 0. The molecule has 0 saturated carbocycles. The second kappa shape index (κ2) is 3.75. The summed E-state index contributed by atoms with van der Waals surface area (Å²) in [5.41, 5.74) is -0.0106. The summed E-state index contributed by atoms with van der Waals surface area (Å²) in [6.07, 6.45) is 3.12. The normalized spacial score (nSPS) is 29.0. The van der Waals surface area contributed by atoms with Gasteiger partial charge in [-0.3, -0.25) is 0 Å². The number of hydrogen-bond acceptors (Lipinski definition) is 2. The van der Waals surface area contributed by atoms with Gasteiger partial charge in [0.2, 0.25) is 0 Å². The third-order valence-corrected chi connectivity index (χ3v) is 2.32. The quantitative estimate of drug-likeness (QED) is 0.594. The predicted octanol–water partition coefficient (Wildman–Crippen LogP) is 2.37. The molecule has 2 unspecified atom stereocenters. The average Bonchev–Trinajstić information content (AvgIpc) is 2.66. The van der Waals surface area contributed by atoms with E-state index in [0.717, 1.165) is 19.4 Å². The van der Waals surface area contributed by atoms with E-state index in [1.807, 2.05) is 6.92 Å². The molecule has 2 nitrogen and oxygen atoms in total. The predicted molar refractivity (Wildman–Crippen MR) is 49.3 cm³/mol. The minimum Gasteiger partial charge on any atom is -0.376 e. The average molecular weight is 172 g/mol. The Morgan fingerprint density at radius 3 is 2.33 bits per heavy atom. The second-order valence-electron chi connectivity index (χ2n) is 4.02. The molecule has 0 amide bonds. The van der Waals surface area contributed by atoms with E-state index >= 15 is 0 Å². The van der Waals surface area contributed by atoms with Crippen LogP contribution in [-0.4, -0.2) is 24.4 Å². The molecule has 1 fully saturated rings. The molecule has 1 aliphatic rings. The molecule has 1 aliphatic heterocycles. The van der Waals surface area contributed by atoms with E-state index in [1.165, 1.54) is 0 Å². The minimum absolute atomic E-state index is 0.0106. The molecule has 0 radical (unpaired) electrons. The molecule has 72 valence electrons. The Bertz CT molecular complexity index is 143. The standard InChI is InChI=1S/C10H20O2/c1-5-8-9(12-8)7-10(3,4)11-6-2/h8-9H,5-7H2,1-4H3. The highest BCUT2D eigenvalue weighted by Gasteiger charge is 2.41. The second-order valence-corrected chi connectivity index (χ2v) is 4.02. The SMILES string of the molecule is CCOC(C)(C)CC1OC1CC. The number of epoxide rings is 1. The van der Waals surface area contributed by atoms with Crippen LogP contribution < -0.4 is 0 Å². The zero-order valence-corrected chi connectivity index (χ0v) is 8.59. The first-order chi connectivity index (χ1) is 5.59. The smallest absolute Gasteiger partial charge is 0.0869 e. The molecular formula is C10H20O2. The van der Waals surface area contributed by atoms with E-state index < -0.39 is 0 Å². The van der Waals surface area contributed by atoms with Crippen molar-refractivity contribution in [2.75, 3.05) is 6.61 Å². The lowest BCUT2D eigenvalue weighted by molar-refractivity contribution is -0.0207. The van der Waals surface area contributed by atoms with Crippen LogP contribution in [0.3, 0.4) is 0 Å². The molecule has 1 rings (SSSR count). The maximum absolute atomic E-state index is 5.59. The van der Waals surface area contributed by atoms with Crippen LogP contribution in [-0.2, 0) is 9.47 Å². The van der Waals surface area contributed by atoms with Crippen LogP contribution in [0, 0.1) is 0 Å². The molecule has 0 aromatic carbocycles. The molecule has 2 atom stereocenters. The van der Waals surface area contributed by atoms with Crippen molar-refractivity contribution >= 4 is 0 Å². The fraction of sp³-hybridized carbons (Fsp3) is 1.00. The van der Waals surface area contributed by atoms with Gasteiger partial charge in [0.05, 0.1) is 17.8 Å². The molecule has 12 heavy (non-hydrogen) atoms. The number of hydrogen-bond donors (Lipinski definition) is 0. The monoisotopic (exact) mass is 172 g/mol. The largest absolute Gasteiger partial charge is 0.376 e. The lowest BCUT2D eigenvalue weighted by Gasteiger charge is -2.23. The van der Waals surface area contributed by atoms with Crippen molar-refractivity contribution in [3.8, 4) is 0 Å². The number of rotatable bonds is 5. The van der Waals surface area contributed by atoms with Gasteiger partial charge in [0.25, 0.3) is 0 Å². The van der Waals surface area contributed by atoms with Crippen LogP contribution in [0.25, 0.3) is 0 Å². The van der Waals surface area contributed by atoms with Crippen molar-refractivity contribution in [3.05, 3.63) is 0 Å². The molecule has 0 aromatic heterocycles. The van der Waals surface area contributed by atoms with Gasteiger partial charge in [-0.05, 0) is 27.2 Å². The van der Waals surface area contributed by atoms with Crippen LogP contribution >= 0.6 is 0 Å². The highest BCUT2D eigenvalue weighted by molar-refractivity contribution is 4.89. The van der Waals surface area contributed by atoms with Crippen molar-refractivity contribution in [2.24, 2.45) is 0 Å². The van der Waals surface area contributed by atoms with E-state index in [9.17, 15) is 0 Å². The Morgan fingerprint density at radius 1 is 1.25 bits per heavy atom. The Hall–Kier alpha value is -0.0800. The lowest BCUT2D eigenvalue weighted by atomic mass is 10.0. The Morgan fingerprint density at radius 2 is 1.92 bits per heavy atom. The molecule has 0 aromatic rings. The Balaban J connectivity index is 2.22.